The molecular weight excluding hydrogens is 188 g/mol. The number of nitrogens with zero attached hydrogens (tertiary/aromatic N) is 2. The molecule has 0 aliphatic heterocycles. The monoisotopic (exact) mass is 196 g/mol. The minimum absolute atomic E-state index is 0.0188. The summed E-state index contributed by atoms with van der Waals surface area (Å²) in [7, 11) is 0. The lowest BCUT2D eigenvalue weighted by atomic mass is 10.5. The molecular formula is C7H8N4OS. The quantitative estimate of drug-likeness (QED) is 0.745. The van der Waals surface area contributed by atoms with Crippen molar-refractivity contribution in [2.45, 2.75) is 6.92 Å². The van der Waals surface area contributed by atoms with Gasteiger partial charge in [-0.3, -0.25) is 9.89 Å². The van der Waals surface area contributed by atoms with Crippen LogP contribution in [0.5, 0.6) is 0 Å². The molecule has 0 atom stereocenters. The van der Waals surface area contributed by atoms with E-state index in [1.165, 1.54) is 6.20 Å². The van der Waals surface area contributed by atoms with Gasteiger partial charge in [-0.25, -0.2) is 4.98 Å². The first kappa shape index (κ1) is 8.18. The summed E-state index contributed by atoms with van der Waals surface area (Å²) in [4.78, 5) is 15.6. The Bertz CT molecular complexity index is 475. The molecule has 2 aromatic heterocycles. The summed E-state index contributed by atoms with van der Waals surface area (Å²) in [5.74, 6) is 0. The predicted molar refractivity (Wildman–Crippen MR) is 52.2 cm³/mol. The molecule has 2 N–H and O–H groups in total. The Morgan fingerprint density at radius 1 is 1.69 bits per heavy atom. The molecule has 0 bridgehead atoms. The molecule has 0 fully saturated rings. The van der Waals surface area contributed by atoms with Gasteiger partial charge in [0.15, 0.2) is 10.8 Å². The van der Waals surface area contributed by atoms with Crippen LogP contribution in [0.4, 0.5) is 5.13 Å². The molecule has 2 aromatic rings. The van der Waals surface area contributed by atoms with E-state index in [0.29, 0.717) is 16.2 Å². The first-order valence-corrected chi connectivity index (χ1v) is 4.71. The van der Waals surface area contributed by atoms with Gasteiger partial charge in [-0.15, -0.1) is 0 Å². The Kier molecular flexibility index (Phi) is 1.97. The second-order valence-electron chi connectivity index (χ2n) is 2.47. The highest BCUT2D eigenvalue weighted by atomic mass is 32.1. The van der Waals surface area contributed by atoms with Crippen LogP contribution in [0.15, 0.2) is 11.0 Å². The normalized spacial score (nSPS) is 10.5. The van der Waals surface area contributed by atoms with Crippen molar-refractivity contribution in [1.29, 1.82) is 0 Å². The van der Waals surface area contributed by atoms with E-state index in [4.69, 9.17) is 0 Å². The first-order valence-electron chi connectivity index (χ1n) is 3.89. The molecule has 0 spiro atoms. The topological polar surface area (TPSA) is 70.7 Å². The van der Waals surface area contributed by atoms with E-state index >= 15 is 0 Å². The number of aromatic amines is 1. The molecule has 0 aliphatic rings. The minimum Gasteiger partial charge on any atom is -0.362 e. The average molecular weight is 196 g/mol. The van der Waals surface area contributed by atoms with Crippen LogP contribution >= 0.6 is 11.3 Å². The summed E-state index contributed by atoms with van der Waals surface area (Å²) >= 11 is 1.10. The standard InChI is InChI=1S/C7H8N4OS/c1-2-8-7-10-5-4(3-9-11-5)6(12)13-7/h3H,2H2,1H3,(H2,8,9,10,11). The zero-order valence-electron chi connectivity index (χ0n) is 7.00. The van der Waals surface area contributed by atoms with Gasteiger partial charge in [-0.1, -0.05) is 11.3 Å². The number of rotatable bonds is 2. The number of anilines is 1. The van der Waals surface area contributed by atoms with E-state index < -0.39 is 0 Å². The van der Waals surface area contributed by atoms with Crippen LogP contribution in [-0.4, -0.2) is 21.7 Å². The van der Waals surface area contributed by atoms with Crippen molar-refractivity contribution in [2.24, 2.45) is 0 Å². The summed E-state index contributed by atoms with van der Waals surface area (Å²) in [6.07, 6.45) is 1.50. The van der Waals surface area contributed by atoms with Gasteiger partial charge in [-0.2, -0.15) is 5.10 Å². The zero-order valence-corrected chi connectivity index (χ0v) is 7.81. The van der Waals surface area contributed by atoms with Crippen LogP contribution in [0.2, 0.25) is 0 Å². The highest BCUT2D eigenvalue weighted by molar-refractivity contribution is 7.13. The fourth-order valence-electron chi connectivity index (χ4n) is 1.01. The van der Waals surface area contributed by atoms with Gasteiger partial charge in [0.05, 0.1) is 11.6 Å². The first-order chi connectivity index (χ1) is 6.31. The van der Waals surface area contributed by atoms with Crippen LogP contribution in [-0.2, 0) is 0 Å². The van der Waals surface area contributed by atoms with Crippen molar-refractivity contribution >= 4 is 27.5 Å². The fourth-order valence-corrected chi connectivity index (χ4v) is 1.80. The molecule has 0 unspecified atom stereocenters. The lowest BCUT2D eigenvalue weighted by molar-refractivity contribution is 1.09. The molecule has 5 nitrogen and oxygen atoms in total. The molecule has 13 heavy (non-hydrogen) atoms. The highest BCUT2D eigenvalue weighted by Gasteiger charge is 2.04. The molecule has 2 heterocycles. The predicted octanol–water partition coefficient (Wildman–Crippen LogP) is 0.811. The van der Waals surface area contributed by atoms with Crippen LogP contribution < -0.4 is 10.1 Å². The van der Waals surface area contributed by atoms with Crippen molar-refractivity contribution < 1.29 is 0 Å². The maximum absolute atomic E-state index is 11.4. The van der Waals surface area contributed by atoms with Gasteiger partial charge in [-0.05, 0) is 6.92 Å². The highest BCUT2D eigenvalue weighted by Crippen LogP contribution is 2.11. The molecule has 68 valence electrons. The fraction of sp³-hybridized carbons (Fsp3) is 0.286. The largest absolute Gasteiger partial charge is 0.362 e. The maximum atomic E-state index is 11.4. The SMILES string of the molecule is CCNc1nc2[nH]ncc2c(=O)s1. The third-order valence-electron chi connectivity index (χ3n) is 1.57. The van der Waals surface area contributed by atoms with Crippen molar-refractivity contribution in [3.63, 3.8) is 0 Å². The van der Waals surface area contributed by atoms with Crippen LogP contribution in [0.1, 0.15) is 6.92 Å². The zero-order chi connectivity index (χ0) is 9.26. The molecule has 0 saturated heterocycles. The lowest BCUT2D eigenvalue weighted by Crippen LogP contribution is -2.02. The molecule has 2 rings (SSSR count). The van der Waals surface area contributed by atoms with Crippen LogP contribution in [0, 0.1) is 0 Å². The maximum Gasteiger partial charge on any atom is 0.248 e. The second-order valence-corrected chi connectivity index (χ2v) is 3.43. The summed E-state index contributed by atoms with van der Waals surface area (Å²) in [5.41, 5.74) is 0.541. The Labute approximate surface area is 77.8 Å². The van der Waals surface area contributed by atoms with E-state index in [-0.39, 0.29) is 4.74 Å². The van der Waals surface area contributed by atoms with E-state index in [1.807, 2.05) is 6.92 Å². The van der Waals surface area contributed by atoms with E-state index in [0.717, 1.165) is 17.9 Å². The second kappa shape index (κ2) is 3.14. The van der Waals surface area contributed by atoms with Gasteiger partial charge in [0.25, 0.3) is 0 Å². The number of nitrogens with one attached hydrogen (secondary N) is 2. The summed E-state index contributed by atoms with van der Waals surface area (Å²) < 4.78 is -0.0188. The Balaban J connectivity index is 2.63. The molecule has 0 amide bonds. The minimum atomic E-state index is -0.0188. The smallest absolute Gasteiger partial charge is 0.248 e. The number of aromatic nitrogens is 3. The van der Waals surface area contributed by atoms with Crippen molar-refractivity contribution in [3.8, 4) is 0 Å². The molecule has 6 heteroatoms. The van der Waals surface area contributed by atoms with E-state index in [1.54, 1.807) is 0 Å². The van der Waals surface area contributed by atoms with Gasteiger partial charge >= 0.3 is 0 Å². The molecule has 0 aliphatic carbocycles. The summed E-state index contributed by atoms with van der Waals surface area (Å²) in [6, 6.07) is 0. The molecule has 0 radical (unpaired) electrons. The number of hydrogen-bond acceptors (Lipinski definition) is 5. The third kappa shape index (κ3) is 1.40. The summed E-state index contributed by atoms with van der Waals surface area (Å²) in [5, 5.41) is 10.6. The number of fused-ring (bicyclic) bond motifs is 1. The van der Waals surface area contributed by atoms with E-state index in [2.05, 4.69) is 20.5 Å². The average Bonchev–Trinajstić information content (AvgIpc) is 2.53. The lowest BCUT2D eigenvalue weighted by Gasteiger charge is -1.98. The summed E-state index contributed by atoms with van der Waals surface area (Å²) in [6.45, 7) is 2.71. The van der Waals surface area contributed by atoms with Gasteiger partial charge in [0.2, 0.25) is 4.74 Å². The number of hydrogen-bond donors (Lipinski definition) is 2. The Hall–Kier alpha value is -1.43. The van der Waals surface area contributed by atoms with Gasteiger partial charge in [0, 0.05) is 6.54 Å². The van der Waals surface area contributed by atoms with Crippen LogP contribution in [0.3, 0.4) is 0 Å². The van der Waals surface area contributed by atoms with Gasteiger partial charge in [0.1, 0.15) is 0 Å². The molecule has 0 aromatic carbocycles. The van der Waals surface area contributed by atoms with Gasteiger partial charge < -0.3 is 5.32 Å². The molecule has 0 saturated carbocycles. The van der Waals surface area contributed by atoms with E-state index in [9.17, 15) is 4.79 Å². The van der Waals surface area contributed by atoms with Crippen molar-refractivity contribution in [1.82, 2.24) is 15.2 Å². The van der Waals surface area contributed by atoms with Crippen molar-refractivity contribution in [2.75, 3.05) is 11.9 Å². The van der Waals surface area contributed by atoms with Crippen molar-refractivity contribution in [3.05, 3.63) is 15.7 Å². The Morgan fingerprint density at radius 3 is 3.31 bits per heavy atom. The Morgan fingerprint density at radius 2 is 2.54 bits per heavy atom. The third-order valence-corrected chi connectivity index (χ3v) is 2.40. The number of H-pyrrole nitrogens is 1. The van der Waals surface area contributed by atoms with Crippen LogP contribution in [0.25, 0.3) is 11.0 Å².